The van der Waals surface area contributed by atoms with Crippen LogP contribution in [0.25, 0.3) is 11.3 Å². The molecule has 1 aliphatic carbocycles. The highest BCUT2D eigenvalue weighted by Gasteiger charge is 2.21. The summed E-state index contributed by atoms with van der Waals surface area (Å²) >= 11 is 0. The molecule has 1 N–H and O–H groups in total. The number of halogens is 1. The lowest BCUT2D eigenvalue weighted by molar-refractivity contribution is 0.115. The number of guanidine groups is 1. The number of hydrogen-bond donors (Lipinski definition) is 1. The molecule has 0 bridgehead atoms. The highest BCUT2D eigenvalue weighted by molar-refractivity contribution is 14.0. The molecule has 0 spiro atoms. The van der Waals surface area contributed by atoms with Crippen molar-refractivity contribution in [1.29, 1.82) is 0 Å². The van der Waals surface area contributed by atoms with E-state index in [2.05, 4.69) is 27.3 Å². The molecule has 1 heterocycles. The minimum Gasteiger partial charge on any atom is -0.379 e. The molecule has 0 unspecified atom stereocenters. The zero-order valence-electron chi connectivity index (χ0n) is 16.1. The average Bonchev–Trinajstić information content (AvgIpc) is 3.38. The van der Waals surface area contributed by atoms with Gasteiger partial charge in [-0.3, -0.25) is 0 Å². The van der Waals surface area contributed by atoms with E-state index in [1.807, 2.05) is 43.4 Å². The van der Waals surface area contributed by atoms with Gasteiger partial charge in [-0.25, -0.2) is 4.99 Å². The molecule has 7 heteroatoms. The van der Waals surface area contributed by atoms with Gasteiger partial charge in [0.1, 0.15) is 5.69 Å². The number of benzene rings is 1. The second kappa shape index (κ2) is 11.3. The molecular weight excluding hydrogens is 455 g/mol. The van der Waals surface area contributed by atoms with Crippen molar-refractivity contribution in [2.45, 2.75) is 26.3 Å². The molecule has 0 amide bonds. The molecule has 148 valence electrons. The van der Waals surface area contributed by atoms with Gasteiger partial charge in [0, 0.05) is 38.4 Å². The first-order chi connectivity index (χ1) is 12.8. The van der Waals surface area contributed by atoms with Gasteiger partial charge >= 0.3 is 0 Å². The molecule has 0 aliphatic heterocycles. The second-order valence-electron chi connectivity index (χ2n) is 6.66. The normalized spacial score (nSPS) is 13.9. The van der Waals surface area contributed by atoms with Crippen LogP contribution in [0, 0.1) is 5.92 Å². The SMILES string of the molecule is CCNC(=NCc1cc(-c2ccccc2)on1)N(C)CCOCC1CC1.I. The third-order valence-electron chi connectivity index (χ3n) is 4.33. The highest BCUT2D eigenvalue weighted by atomic mass is 127. The van der Waals surface area contributed by atoms with E-state index in [1.54, 1.807) is 0 Å². The number of nitrogens with zero attached hydrogens (tertiary/aromatic N) is 3. The summed E-state index contributed by atoms with van der Waals surface area (Å²) in [5.41, 5.74) is 1.84. The van der Waals surface area contributed by atoms with Crippen LogP contribution in [-0.2, 0) is 11.3 Å². The van der Waals surface area contributed by atoms with E-state index in [4.69, 9.17) is 9.26 Å². The molecule has 1 fully saturated rings. The highest BCUT2D eigenvalue weighted by Crippen LogP contribution is 2.28. The van der Waals surface area contributed by atoms with Gasteiger partial charge in [0.05, 0.1) is 13.2 Å². The number of aromatic nitrogens is 1. The molecule has 1 saturated carbocycles. The van der Waals surface area contributed by atoms with Crippen LogP contribution in [0.5, 0.6) is 0 Å². The zero-order chi connectivity index (χ0) is 18.2. The fourth-order valence-electron chi connectivity index (χ4n) is 2.59. The molecule has 0 atom stereocenters. The first-order valence-corrected chi connectivity index (χ1v) is 9.34. The van der Waals surface area contributed by atoms with E-state index in [9.17, 15) is 0 Å². The standard InChI is InChI=1S/C20H28N4O2.HI/c1-3-21-20(24(2)11-12-25-15-16-9-10-16)22-14-18-13-19(26-23-18)17-7-5-4-6-8-17;/h4-8,13,16H,3,9-12,14-15H2,1-2H3,(H,21,22);1H. The van der Waals surface area contributed by atoms with E-state index >= 15 is 0 Å². The van der Waals surface area contributed by atoms with E-state index in [-0.39, 0.29) is 24.0 Å². The van der Waals surface area contributed by atoms with Crippen molar-refractivity contribution >= 4 is 29.9 Å². The lowest BCUT2D eigenvalue weighted by Gasteiger charge is -2.21. The Kier molecular flexibility index (Phi) is 9.06. The van der Waals surface area contributed by atoms with Crippen LogP contribution in [0.3, 0.4) is 0 Å². The van der Waals surface area contributed by atoms with Crippen LogP contribution in [0.1, 0.15) is 25.5 Å². The maximum Gasteiger partial charge on any atom is 0.194 e. The number of rotatable bonds is 9. The van der Waals surface area contributed by atoms with Gasteiger partial charge < -0.3 is 19.5 Å². The van der Waals surface area contributed by atoms with Gasteiger partial charge in [-0.1, -0.05) is 35.5 Å². The quantitative estimate of drug-likeness (QED) is 0.254. The summed E-state index contributed by atoms with van der Waals surface area (Å²) < 4.78 is 11.2. The molecule has 1 aromatic heterocycles. The van der Waals surface area contributed by atoms with E-state index in [0.717, 1.165) is 55.2 Å². The number of nitrogens with one attached hydrogen (secondary N) is 1. The van der Waals surface area contributed by atoms with Crippen molar-refractivity contribution in [3.8, 4) is 11.3 Å². The Labute approximate surface area is 178 Å². The number of hydrogen-bond acceptors (Lipinski definition) is 4. The van der Waals surface area contributed by atoms with Crippen molar-refractivity contribution in [2.75, 3.05) is 33.4 Å². The minimum atomic E-state index is 0. The molecule has 0 saturated heterocycles. The molecule has 3 rings (SSSR count). The number of likely N-dealkylation sites (N-methyl/N-ethyl adjacent to an activating group) is 1. The average molecular weight is 484 g/mol. The smallest absolute Gasteiger partial charge is 0.194 e. The topological polar surface area (TPSA) is 62.9 Å². The molecule has 1 aliphatic rings. The zero-order valence-corrected chi connectivity index (χ0v) is 18.4. The Morgan fingerprint density at radius 2 is 2.11 bits per heavy atom. The first kappa shape index (κ1) is 21.7. The number of ether oxygens (including phenoxy) is 1. The molecular formula is C20H29IN4O2. The predicted molar refractivity (Wildman–Crippen MR) is 118 cm³/mol. The largest absolute Gasteiger partial charge is 0.379 e. The molecule has 0 radical (unpaired) electrons. The maximum absolute atomic E-state index is 5.72. The third-order valence-corrected chi connectivity index (χ3v) is 4.33. The Bertz CT molecular complexity index is 701. The molecule has 1 aromatic carbocycles. The van der Waals surface area contributed by atoms with Gasteiger partial charge in [-0.05, 0) is 25.7 Å². The van der Waals surface area contributed by atoms with Gasteiger partial charge in [-0.15, -0.1) is 24.0 Å². The summed E-state index contributed by atoms with van der Waals surface area (Å²) in [6.45, 7) is 5.79. The van der Waals surface area contributed by atoms with Crippen LogP contribution in [0.2, 0.25) is 0 Å². The first-order valence-electron chi connectivity index (χ1n) is 9.34. The van der Waals surface area contributed by atoms with Crippen molar-refractivity contribution in [3.63, 3.8) is 0 Å². The van der Waals surface area contributed by atoms with Crippen molar-refractivity contribution in [1.82, 2.24) is 15.4 Å². The van der Waals surface area contributed by atoms with Crippen LogP contribution in [0.4, 0.5) is 0 Å². The van der Waals surface area contributed by atoms with Crippen LogP contribution < -0.4 is 5.32 Å². The Morgan fingerprint density at radius 3 is 2.81 bits per heavy atom. The monoisotopic (exact) mass is 484 g/mol. The molecule has 27 heavy (non-hydrogen) atoms. The maximum atomic E-state index is 5.72. The minimum absolute atomic E-state index is 0. The lowest BCUT2D eigenvalue weighted by Crippen LogP contribution is -2.40. The van der Waals surface area contributed by atoms with E-state index in [0.29, 0.717) is 6.54 Å². The van der Waals surface area contributed by atoms with Gasteiger partial charge in [0.15, 0.2) is 11.7 Å². The summed E-state index contributed by atoms with van der Waals surface area (Å²) in [5.74, 6) is 2.42. The van der Waals surface area contributed by atoms with Crippen molar-refractivity contribution < 1.29 is 9.26 Å². The number of aliphatic imine (C=N–C) groups is 1. The second-order valence-corrected chi connectivity index (χ2v) is 6.66. The third kappa shape index (κ3) is 7.14. The summed E-state index contributed by atoms with van der Waals surface area (Å²) in [4.78, 5) is 6.76. The van der Waals surface area contributed by atoms with Crippen LogP contribution in [-0.4, -0.2) is 49.4 Å². The van der Waals surface area contributed by atoms with Gasteiger partial charge in [0.2, 0.25) is 0 Å². The summed E-state index contributed by atoms with van der Waals surface area (Å²) in [6, 6.07) is 11.9. The van der Waals surface area contributed by atoms with Crippen LogP contribution >= 0.6 is 24.0 Å². The Balaban J connectivity index is 0.00000261. The Hall–Kier alpha value is -1.61. The van der Waals surface area contributed by atoms with E-state index in [1.165, 1.54) is 12.8 Å². The van der Waals surface area contributed by atoms with Gasteiger partial charge in [-0.2, -0.15) is 0 Å². The fourth-order valence-corrected chi connectivity index (χ4v) is 2.59. The van der Waals surface area contributed by atoms with E-state index < -0.39 is 0 Å². The van der Waals surface area contributed by atoms with Crippen LogP contribution in [0.15, 0.2) is 45.9 Å². The summed E-state index contributed by atoms with van der Waals surface area (Å²) in [6.07, 6.45) is 2.64. The van der Waals surface area contributed by atoms with Crippen molar-refractivity contribution in [3.05, 3.63) is 42.1 Å². The molecule has 2 aromatic rings. The van der Waals surface area contributed by atoms with Crippen molar-refractivity contribution in [2.24, 2.45) is 10.9 Å². The predicted octanol–water partition coefficient (Wildman–Crippen LogP) is 3.78. The Morgan fingerprint density at radius 1 is 1.33 bits per heavy atom. The molecule has 6 nitrogen and oxygen atoms in total. The fraction of sp³-hybridized carbons (Fsp3) is 0.500. The van der Waals surface area contributed by atoms with Gasteiger partial charge in [0.25, 0.3) is 0 Å². The lowest BCUT2D eigenvalue weighted by atomic mass is 10.2. The summed E-state index contributed by atoms with van der Waals surface area (Å²) in [7, 11) is 2.03. The summed E-state index contributed by atoms with van der Waals surface area (Å²) in [5, 5.41) is 7.45.